The fourth-order valence-electron chi connectivity index (χ4n) is 1.74. The molecule has 0 saturated heterocycles. The van der Waals surface area contributed by atoms with Crippen LogP contribution in [-0.2, 0) is 0 Å². The fourth-order valence-corrected chi connectivity index (χ4v) is 1.74. The SMILES string of the molecule is Cc1c(C(=O)O)nn(-c2ccccc2C(=O)O)c1N. The van der Waals surface area contributed by atoms with E-state index in [0.717, 1.165) is 4.68 Å². The molecule has 1 heterocycles. The van der Waals surface area contributed by atoms with Crippen molar-refractivity contribution >= 4 is 17.8 Å². The van der Waals surface area contributed by atoms with Crippen LogP contribution in [-0.4, -0.2) is 31.9 Å². The van der Waals surface area contributed by atoms with Crippen LogP contribution in [0.1, 0.15) is 26.4 Å². The molecule has 19 heavy (non-hydrogen) atoms. The van der Waals surface area contributed by atoms with E-state index in [1.165, 1.54) is 19.1 Å². The van der Waals surface area contributed by atoms with Crippen molar-refractivity contribution in [2.75, 3.05) is 5.73 Å². The Hall–Kier alpha value is -2.83. The minimum atomic E-state index is -1.21. The molecule has 2 rings (SSSR count). The summed E-state index contributed by atoms with van der Waals surface area (Å²) >= 11 is 0. The normalized spacial score (nSPS) is 10.4. The molecule has 0 saturated carbocycles. The topological polar surface area (TPSA) is 118 Å². The Bertz CT molecular complexity index is 676. The summed E-state index contributed by atoms with van der Waals surface area (Å²) in [7, 11) is 0. The second kappa shape index (κ2) is 4.45. The number of hydrogen-bond acceptors (Lipinski definition) is 4. The number of aromatic carboxylic acids is 2. The van der Waals surface area contributed by atoms with Crippen LogP contribution in [0.4, 0.5) is 5.82 Å². The molecule has 0 fully saturated rings. The fraction of sp³-hybridized carbons (Fsp3) is 0.0833. The highest BCUT2D eigenvalue weighted by Gasteiger charge is 2.21. The van der Waals surface area contributed by atoms with Crippen molar-refractivity contribution in [2.24, 2.45) is 0 Å². The average molecular weight is 261 g/mol. The van der Waals surface area contributed by atoms with Gasteiger partial charge in [-0.3, -0.25) is 0 Å². The predicted octanol–water partition coefficient (Wildman–Crippen LogP) is 1.16. The Balaban J connectivity index is 2.70. The maximum atomic E-state index is 11.1. The molecule has 0 radical (unpaired) electrons. The Labute approximate surface area is 107 Å². The molecule has 0 amide bonds. The number of nitrogen functional groups attached to an aromatic ring is 1. The molecule has 7 nitrogen and oxygen atoms in total. The van der Waals surface area contributed by atoms with Crippen LogP contribution in [0.2, 0.25) is 0 Å². The Morgan fingerprint density at radius 1 is 1.21 bits per heavy atom. The van der Waals surface area contributed by atoms with Crippen LogP contribution in [0.3, 0.4) is 0 Å². The Morgan fingerprint density at radius 3 is 2.37 bits per heavy atom. The van der Waals surface area contributed by atoms with Gasteiger partial charge in [-0.25, -0.2) is 14.3 Å². The molecule has 7 heteroatoms. The zero-order chi connectivity index (χ0) is 14.2. The number of para-hydroxylation sites is 1. The van der Waals surface area contributed by atoms with E-state index >= 15 is 0 Å². The lowest BCUT2D eigenvalue weighted by Crippen LogP contribution is -2.09. The van der Waals surface area contributed by atoms with E-state index in [1.54, 1.807) is 12.1 Å². The second-order valence-electron chi connectivity index (χ2n) is 3.90. The maximum Gasteiger partial charge on any atom is 0.356 e. The highest BCUT2D eigenvalue weighted by molar-refractivity contribution is 5.93. The van der Waals surface area contributed by atoms with Crippen LogP contribution >= 0.6 is 0 Å². The van der Waals surface area contributed by atoms with E-state index in [9.17, 15) is 9.59 Å². The van der Waals surface area contributed by atoms with Crippen molar-refractivity contribution in [1.82, 2.24) is 9.78 Å². The van der Waals surface area contributed by atoms with Gasteiger partial charge in [0, 0.05) is 5.56 Å². The molecule has 0 bridgehead atoms. The lowest BCUT2D eigenvalue weighted by Gasteiger charge is -2.07. The minimum absolute atomic E-state index is 0.00589. The summed E-state index contributed by atoms with van der Waals surface area (Å²) in [6.45, 7) is 1.52. The third-order valence-electron chi connectivity index (χ3n) is 2.73. The van der Waals surface area contributed by atoms with Gasteiger partial charge in [-0.05, 0) is 19.1 Å². The van der Waals surface area contributed by atoms with Crippen LogP contribution in [0, 0.1) is 6.92 Å². The number of nitrogens with zero attached hydrogens (tertiary/aromatic N) is 2. The number of benzene rings is 1. The molecule has 0 unspecified atom stereocenters. The highest BCUT2D eigenvalue weighted by Crippen LogP contribution is 2.22. The monoisotopic (exact) mass is 261 g/mol. The van der Waals surface area contributed by atoms with Gasteiger partial charge in [0.2, 0.25) is 0 Å². The Kier molecular flexibility index (Phi) is 2.95. The predicted molar refractivity (Wildman–Crippen MR) is 66.6 cm³/mol. The molecular weight excluding hydrogens is 250 g/mol. The van der Waals surface area contributed by atoms with Crippen molar-refractivity contribution in [1.29, 1.82) is 0 Å². The number of carboxylic acid groups (broad SMARTS) is 2. The summed E-state index contributed by atoms with van der Waals surface area (Å²) in [5.74, 6) is -2.25. The first-order chi connectivity index (χ1) is 8.93. The van der Waals surface area contributed by atoms with E-state index in [1.807, 2.05) is 0 Å². The van der Waals surface area contributed by atoms with E-state index in [4.69, 9.17) is 15.9 Å². The van der Waals surface area contributed by atoms with E-state index < -0.39 is 11.9 Å². The average Bonchev–Trinajstić information content (AvgIpc) is 2.66. The van der Waals surface area contributed by atoms with Crippen LogP contribution in [0.25, 0.3) is 5.69 Å². The van der Waals surface area contributed by atoms with Crippen molar-refractivity contribution in [3.8, 4) is 5.69 Å². The molecular formula is C12H11N3O4. The maximum absolute atomic E-state index is 11.1. The summed E-state index contributed by atoms with van der Waals surface area (Å²) in [5, 5.41) is 21.9. The molecule has 0 aliphatic rings. The summed E-state index contributed by atoms with van der Waals surface area (Å²) < 4.78 is 1.13. The Morgan fingerprint density at radius 2 is 1.84 bits per heavy atom. The van der Waals surface area contributed by atoms with Gasteiger partial charge in [0.05, 0.1) is 11.3 Å². The van der Waals surface area contributed by atoms with Gasteiger partial charge >= 0.3 is 11.9 Å². The third-order valence-corrected chi connectivity index (χ3v) is 2.73. The summed E-state index contributed by atoms with van der Waals surface area (Å²) in [5.41, 5.74) is 6.11. The number of rotatable bonds is 3. The summed E-state index contributed by atoms with van der Waals surface area (Å²) in [4.78, 5) is 22.1. The molecule has 0 aliphatic heterocycles. The van der Waals surface area contributed by atoms with Crippen molar-refractivity contribution in [2.45, 2.75) is 6.92 Å². The first-order valence-electron chi connectivity index (χ1n) is 5.34. The molecule has 1 aromatic carbocycles. The first-order valence-corrected chi connectivity index (χ1v) is 5.34. The number of aromatic nitrogens is 2. The largest absolute Gasteiger partial charge is 0.478 e. The lowest BCUT2D eigenvalue weighted by molar-refractivity contribution is 0.0683. The first kappa shape index (κ1) is 12.6. The number of nitrogens with two attached hydrogens (primary N) is 1. The molecule has 1 aromatic heterocycles. The zero-order valence-electron chi connectivity index (χ0n) is 9.99. The highest BCUT2D eigenvalue weighted by atomic mass is 16.4. The molecule has 98 valence electrons. The van der Waals surface area contributed by atoms with Crippen molar-refractivity contribution in [3.05, 3.63) is 41.1 Å². The van der Waals surface area contributed by atoms with E-state index in [-0.39, 0.29) is 22.8 Å². The second-order valence-corrected chi connectivity index (χ2v) is 3.90. The van der Waals surface area contributed by atoms with Gasteiger partial charge in [-0.1, -0.05) is 12.1 Å². The standard InChI is InChI=1S/C12H11N3O4/c1-6-9(12(18)19)14-15(10(6)13)8-5-3-2-4-7(8)11(16)17/h2-5H,13H2,1H3,(H,16,17)(H,18,19). The van der Waals surface area contributed by atoms with Gasteiger partial charge in [-0.2, -0.15) is 5.10 Å². The van der Waals surface area contributed by atoms with E-state index in [2.05, 4.69) is 5.10 Å². The van der Waals surface area contributed by atoms with Crippen molar-refractivity contribution < 1.29 is 19.8 Å². The third kappa shape index (κ3) is 2.01. The zero-order valence-corrected chi connectivity index (χ0v) is 9.99. The van der Waals surface area contributed by atoms with E-state index in [0.29, 0.717) is 5.56 Å². The van der Waals surface area contributed by atoms with Gasteiger partial charge in [0.25, 0.3) is 0 Å². The molecule has 4 N–H and O–H groups in total. The summed E-state index contributed by atoms with van der Waals surface area (Å²) in [6, 6.07) is 6.10. The van der Waals surface area contributed by atoms with Crippen LogP contribution in [0.5, 0.6) is 0 Å². The number of anilines is 1. The number of carboxylic acids is 2. The number of carbonyl (C=O) groups is 2. The van der Waals surface area contributed by atoms with Gasteiger partial charge < -0.3 is 15.9 Å². The van der Waals surface area contributed by atoms with Crippen molar-refractivity contribution in [3.63, 3.8) is 0 Å². The van der Waals surface area contributed by atoms with Crippen LogP contribution in [0.15, 0.2) is 24.3 Å². The molecule has 0 atom stereocenters. The summed E-state index contributed by atoms with van der Waals surface area (Å²) in [6.07, 6.45) is 0. The quantitative estimate of drug-likeness (QED) is 0.762. The molecule has 0 spiro atoms. The molecule has 2 aromatic rings. The van der Waals surface area contributed by atoms with Gasteiger partial charge in [-0.15, -0.1) is 0 Å². The molecule has 0 aliphatic carbocycles. The lowest BCUT2D eigenvalue weighted by atomic mass is 10.2. The van der Waals surface area contributed by atoms with Crippen LogP contribution < -0.4 is 5.73 Å². The van der Waals surface area contributed by atoms with Gasteiger partial charge in [0.15, 0.2) is 5.69 Å². The minimum Gasteiger partial charge on any atom is -0.478 e. The number of hydrogen-bond donors (Lipinski definition) is 3. The van der Waals surface area contributed by atoms with Gasteiger partial charge in [0.1, 0.15) is 5.82 Å². The smallest absolute Gasteiger partial charge is 0.356 e.